The van der Waals surface area contributed by atoms with Crippen molar-refractivity contribution in [3.8, 4) is 0 Å². The van der Waals surface area contributed by atoms with E-state index in [0.717, 1.165) is 16.1 Å². The normalized spacial score (nSPS) is 13.5. The Morgan fingerprint density at radius 3 is 2.92 bits per heavy atom. The molecule has 0 saturated carbocycles. The fraction of sp³-hybridized carbons (Fsp3) is 0.182. The van der Waals surface area contributed by atoms with E-state index in [0.29, 0.717) is 0 Å². The number of aromatic nitrogens is 1. The van der Waals surface area contributed by atoms with Gasteiger partial charge in [0.1, 0.15) is 0 Å². The molecule has 1 heterocycles. The number of hydrogen-bond acceptors (Lipinski definition) is 1. The second kappa shape index (κ2) is 3.86. The molecule has 0 saturated heterocycles. The molecule has 1 heteroatoms. The first kappa shape index (κ1) is 8.72. The number of rotatable bonds is 1. The van der Waals surface area contributed by atoms with Crippen LogP contribution in [0.5, 0.6) is 0 Å². The predicted octanol–water partition coefficient (Wildman–Crippen LogP) is 1.24. The van der Waals surface area contributed by atoms with E-state index in [-0.39, 0.29) is 0 Å². The summed E-state index contributed by atoms with van der Waals surface area (Å²) in [5.41, 5.74) is 1.02. The van der Waals surface area contributed by atoms with Gasteiger partial charge in [-0.05, 0) is 31.2 Å². The summed E-state index contributed by atoms with van der Waals surface area (Å²) in [6, 6.07) is 3.98. The molecular formula is C11H13N. The van der Waals surface area contributed by atoms with Gasteiger partial charge < -0.3 is 0 Å². The molecule has 62 valence electrons. The van der Waals surface area contributed by atoms with Crippen molar-refractivity contribution in [1.29, 1.82) is 0 Å². The first-order chi connectivity index (χ1) is 5.74. The highest BCUT2D eigenvalue weighted by atomic mass is 14.6. The Kier molecular flexibility index (Phi) is 2.81. The molecule has 0 atom stereocenters. The highest BCUT2D eigenvalue weighted by Crippen LogP contribution is 1.84. The number of hydrogen-bond donors (Lipinski definition) is 0. The summed E-state index contributed by atoms with van der Waals surface area (Å²) in [7, 11) is 0. The molecule has 0 aliphatic rings. The first-order valence-corrected chi connectivity index (χ1v) is 3.98. The van der Waals surface area contributed by atoms with Gasteiger partial charge in [0.15, 0.2) is 0 Å². The van der Waals surface area contributed by atoms with Crippen LogP contribution in [0.1, 0.15) is 13.8 Å². The van der Waals surface area contributed by atoms with Crippen LogP contribution in [0.2, 0.25) is 0 Å². The fourth-order valence-corrected chi connectivity index (χ4v) is 1.03. The summed E-state index contributed by atoms with van der Waals surface area (Å²) < 4.78 is 0. The van der Waals surface area contributed by atoms with E-state index in [9.17, 15) is 0 Å². The van der Waals surface area contributed by atoms with Gasteiger partial charge in [0.05, 0.1) is 5.35 Å². The summed E-state index contributed by atoms with van der Waals surface area (Å²) >= 11 is 0. The number of pyridine rings is 1. The Morgan fingerprint density at radius 2 is 2.33 bits per heavy atom. The Bertz CT molecular complexity index is 388. The molecule has 12 heavy (non-hydrogen) atoms. The molecule has 0 aliphatic carbocycles. The van der Waals surface area contributed by atoms with E-state index in [1.807, 2.05) is 38.1 Å². The van der Waals surface area contributed by atoms with Gasteiger partial charge in [-0.1, -0.05) is 24.3 Å². The quantitative estimate of drug-likeness (QED) is 0.600. The van der Waals surface area contributed by atoms with Crippen molar-refractivity contribution >= 4 is 12.2 Å². The Balaban J connectivity index is 3.43. The Morgan fingerprint density at radius 1 is 1.58 bits per heavy atom. The molecule has 0 amide bonds. The lowest BCUT2D eigenvalue weighted by Gasteiger charge is -1.88. The predicted molar refractivity (Wildman–Crippen MR) is 52.9 cm³/mol. The third-order valence-corrected chi connectivity index (χ3v) is 1.57. The van der Waals surface area contributed by atoms with E-state index in [1.54, 1.807) is 6.20 Å². The van der Waals surface area contributed by atoms with Crippen molar-refractivity contribution in [2.75, 3.05) is 0 Å². The monoisotopic (exact) mass is 159 g/mol. The molecule has 1 nitrogen and oxygen atoms in total. The third-order valence-electron chi connectivity index (χ3n) is 1.57. The third kappa shape index (κ3) is 2.06. The van der Waals surface area contributed by atoms with Crippen LogP contribution in [0.4, 0.5) is 0 Å². The van der Waals surface area contributed by atoms with Crippen molar-refractivity contribution in [1.82, 2.24) is 4.98 Å². The molecule has 0 fully saturated rings. The maximum atomic E-state index is 4.24. The summed E-state index contributed by atoms with van der Waals surface area (Å²) in [5, 5.41) is 2.15. The average molecular weight is 159 g/mol. The van der Waals surface area contributed by atoms with Crippen LogP contribution in [0.3, 0.4) is 0 Å². The van der Waals surface area contributed by atoms with Crippen molar-refractivity contribution in [3.63, 3.8) is 0 Å². The highest BCUT2D eigenvalue weighted by molar-refractivity contribution is 5.42. The summed E-state index contributed by atoms with van der Waals surface area (Å²) in [4.78, 5) is 4.24. The van der Waals surface area contributed by atoms with Crippen LogP contribution in [-0.2, 0) is 0 Å². The van der Waals surface area contributed by atoms with E-state index >= 15 is 0 Å². The lowest BCUT2D eigenvalue weighted by molar-refractivity contribution is 1.21. The van der Waals surface area contributed by atoms with Crippen molar-refractivity contribution in [2.45, 2.75) is 13.8 Å². The molecule has 0 spiro atoms. The largest absolute Gasteiger partial charge is 0.256 e. The molecule has 0 aromatic carbocycles. The molecular weight excluding hydrogens is 146 g/mol. The minimum Gasteiger partial charge on any atom is -0.256 e. The average Bonchev–Trinajstić information content (AvgIpc) is 2.04. The van der Waals surface area contributed by atoms with Gasteiger partial charge >= 0.3 is 0 Å². The van der Waals surface area contributed by atoms with E-state index in [1.165, 1.54) is 0 Å². The topological polar surface area (TPSA) is 12.9 Å². The van der Waals surface area contributed by atoms with Crippen LogP contribution in [0, 0.1) is 0 Å². The molecule has 0 unspecified atom stereocenters. The van der Waals surface area contributed by atoms with E-state index < -0.39 is 0 Å². The van der Waals surface area contributed by atoms with Gasteiger partial charge in [0.2, 0.25) is 0 Å². The molecule has 1 rings (SSSR count). The van der Waals surface area contributed by atoms with Gasteiger partial charge in [-0.2, -0.15) is 0 Å². The highest BCUT2D eigenvalue weighted by Gasteiger charge is 1.83. The van der Waals surface area contributed by atoms with E-state index in [2.05, 4.69) is 11.6 Å². The molecule has 0 bridgehead atoms. The molecule has 1 aromatic heterocycles. The van der Waals surface area contributed by atoms with Crippen LogP contribution in [-0.4, -0.2) is 4.98 Å². The van der Waals surface area contributed by atoms with Gasteiger partial charge in [-0.25, -0.2) is 0 Å². The van der Waals surface area contributed by atoms with E-state index in [4.69, 9.17) is 0 Å². The van der Waals surface area contributed by atoms with Gasteiger partial charge in [0.25, 0.3) is 0 Å². The SMILES string of the molecule is C=C(C)/C=c1/nccc/c1=C/C. The maximum absolute atomic E-state index is 4.24. The lowest BCUT2D eigenvalue weighted by atomic mass is 10.2. The number of allylic oxidation sites excluding steroid dienone is 1. The summed E-state index contributed by atoms with van der Waals surface area (Å²) in [5.74, 6) is 0. The second-order valence-electron chi connectivity index (χ2n) is 2.76. The smallest absolute Gasteiger partial charge is 0.0701 e. The molecule has 0 radical (unpaired) electrons. The van der Waals surface area contributed by atoms with Crippen molar-refractivity contribution < 1.29 is 0 Å². The van der Waals surface area contributed by atoms with Crippen LogP contribution >= 0.6 is 0 Å². The zero-order chi connectivity index (χ0) is 8.97. The summed E-state index contributed by atoms with van der Waals surface area (Å²) in [6.45, 7) is 7.79. The zero-order valence-electron chi connectivity index (χ0n) is 7.54. The van der Waals surface area contributed by atoms with Gasteiger partial charge in [-0.15, -0.1) is 0 Å². The molecule has 0 aliphatic heterocycles. The van der Waals surface area contributed by atoms with Crippen LogP contribution < -0.4 is 10.6 Å². The standard InChI is InChI=1S/C11H13N/c1-4-10-6-5-7-12-11(10)8-9(2)3/h4-8H,2H2,1,3H3/b10-4-,11-8+. The van der Waals surface area contributed by atoms with Gasteiger partial charge in [-0.3, -0.25) is 4.98 Å². The van der Waals surface area contributed by atoms with Crippen molar-refractivity contribution in [2.24, 2.45) is 0 Å². The van der Waals surface area contributed by atoms with Crippen molar-refractivity contribution in [3.05, 3.63) is 41.0 Å². The molecule has 1 aromatic rings. The zero-order valence-corrected chi connectivity index (χ0v) is 7.54. The van der Waals surface area contributed by atoms with Crippen LogP contribution in [0.15, 0.2) is 30.5 Å². The van der Waals surface area contributed by atoms with Gasteiger partial charge in [0, 0.05) is 6.20 Å². The first-order valence-electron chi connectivity index (χ1n) is 3.98. The summed E-state index contributed by atoms with van der Waals surface area (Å²) in [6.07, 6.45) is 5.82. The second-order valence-corrected chi connectivity index (χ2v) is 2.76. The molecule has 0 N–H and O–H groups in total. The maximum Gasteiger partial charge on any atom is 0.0701 e. The fourth-order valence-electron chi connectivity index (χ4n) is 1.03. The van der Waals surface area contributed by atoms with Crippen LogP contribution in [0.25, 0.3) is 12.2 Å². The minimum absolute atomic E-state index is 0.993. The number of nitrogens with zero attached hydrogens (tertiary/aromatic N) is 1. The Hall–Kier alpha value is -1.37. The lowest BCUT2D eigenvalue weighted by Crippen LogP contribution is -2.26. The minimum atomic E-state index is 0.993. The Labute approximate surface area is 72.8 Å².